The Morgan fingerprint density at radius 1 is 1.06 bits per heavy atom. The number of ether oxygens (including phenoxy) is 2. The van der Waals surface area contributed by atoms with Gasteiger partial charge in [-0.15, -0.1) is 0 Å². The molecule has 1 heterocycles. The molecular formula is C23H42O4Si4. The van der Waals surface area contributed by atoms with E-state index in [2.05, 4.69) is 96.2 Å². The number of hydrogen-bond donors (Lipinski definition) is 0. The highest BCUT2D eigenvalue weighted by Gasteiger charge is 2.74. The minimum atomic E-state index is -2.03. The molecule has 3 unspecified atom stereocenters. The zero-order valence-corrected chi connectivity index (χ0v) is 25.2. The van der Waals surface area contributed by atoms with Gasteiger partial charge >= 0.3 is 5.97 Å². The Morgan fingerprint density at radius 3 is 2.10 bits per heavy atom. The number of carbonyl (C=O) groups is 1. The summed E-state index contributed by atoms with van der Waals surface area (Å²) < 4.78 is 19.5. The maximum Gasteiger partial charge on any atom is 0.332 e. The molecule has 8 heteroatoms. The van der Waals surface area contributed by atoms with E-state index < -0.39 is 47.1 Å². The van der Waals surface area contributed by atoms with Gasteiger partial charge in [-0.1, -0.05) is 83.1 Å². The molecule has 0 aliphatic carbocycles. The van der Waals surface area contributed by atoms with Crippen molar-refractivity contribution in [2.24, 2.45) is 0 Å². The Labute approximate surface area is 192 Å². The number of hydrogen-bond acceptors (Lipinski definition) is 4. The second-order valence-electron chi connectivity index (χ2n) is 10.8. The van der Waals surface area contributed by atoms with Gasteiger partial charge in [-0.25, -0.2) is 4.79 Å². The van der Waals surface area contributed by atoms with Crippen LogP contribution in [-0.4, -0.2) is 48.0 Å². The van der Waals surface area contributed by atoms with Crippen LogP contribution in [0.1, 0.15) is 25.8 Å². The average Bonchev–Trinajstić information content (AvgIpc) is 2.69. The van der Waals surface area contributed by atoms with Gasteiger partial charge in [0.1, 0.15) is 0 Å². The third-order valence-electron chi connectivity index (χ3n) is 8.81. The van der Waals surface area contributed by atoms with E-state index in [9.17, 15) is 4.79 Å². The summed E-state index contributed by atoms with van der Waals surface area (Å²) in [6.45, 7) is 27.9. The lowest BCUT2D eigenvalue weighted by Gasteiger charge is -2.69. The number of benzene rings is 1. The fourth-order valence-electron chi connectivity index (χ4n) is 5.37. The SMILES string of the molecule is C=CC(=O)OC(C)OC(CC)C1(c2ccccc2)O[Si](C)(C)[Si](C)(C)[Si](C)(C)[Si]1(C)C. The molecule has 174 valence electrons. The lowest BCUT2D eigenvalue weighted by Crippen LogP contribution is -2.91. The van der Waals surface area contributed by atoms with Crippen LogP contribution in [0.5, 0.6) is 0 Å². The van der Waals surface area contributed by atoms with Crippen LogP contribution in [0.3, 0.4) is 0 Å². The molecule has 0 amide bonds. The molecule has 1 aliphatic heterocycles. The second-order valence-corrected chi connectivity index (χ2v) is 49.9. The summed E-state index contributed by atoms with van der Waals surface area (Å²) in [5.74, 6) is -0.463. The highest BCUT2D eigenvalue weighted by Crippen LogP contribution is 2.55. The molecule has 1 aromatic rings. The average molecular weight is 495 g/mol. The van der Waals surface area contributed by atoms with Crippen LogP contribution in [0.15, 0.2) is 43.0 Å². The lowest BCUT2D eigenvalue weighted by atomic mass is 10.0. The van der Waals surface area contributed by atoms with Crippen LogP contribution in [0.4, 0.5) is 0 Å². The summed E-state index contributed by atoms with van der Waals surface area (Å²) in [6.07, 6.45) is 1.13. The third kappa shape index (κ3) is 4.04. The van der Waals surface area contributed by atoms with Gasteiger partial charge < -0.3 is 13.9 Å². The molecule has 0 spiro atoms. The number of carbonyl (C=O) groups excluding carboxylic acids is 1. The fraction of sp³-hybridized carbons (Fsp3) is 0.609. The van der Waals surface area contributed by atoms with Crippen molar-refractivity contribution in [2.45, 2.75) is 90.3 Å². The molecule has 0 N–H and O–H groups in total. The number of esters is 1. The first-order chi connectivity index (χ1) is 14.1. The van der Waals surface area contributed by atoms with Crippen molar-refractivity contribution in [3.8, 4) is 0 Å². The minimum absolute atomic E-state index is 0.187. The lowest BCUT2D eigenvalue weighted by molar-refractivity contribution is -0.196. The van der Waals surface area contributed by atoms with Gasteiger partial charge in [0.15, 0.2) is 7.83 Å². The van der Waals surface area contributed by atoms with E-state index in [0.717, 1.165) is 6.42 Å². The summed E-state index contributed by atoms with van der Waals surface area (Å²) in [5, 5.41) is -0.466. The highest BCUT2D eigenvalue weighted by molar-refractivity contribution is 7.83. The van der Waals surface area contributed by atoms with Gasteiger partial charge in [0.05, 0.1) is 26.0 Å². The van der Waals surface area contributed by atoms with E-state index in [0.29, 0.717) is 0 Å². The molecular weight excluding hydrogens is 453 g/mol. The van der Waals surface area contributed by atoms with E-state index in [1.807, 2.05) is 0 Å². The van der Waals surface area contributed by atoms with Crippen molar-refractivity contribution < 1.29 is 18.7 Å². The summed E-state index contributed by atoms with van der Waals surface area (Å²) in [4.78, 5) is 11.8. The Kier molecular flexibility index (Phi) is 7.57. The molecule has 1 aliphatic rings. The molecule has 0 aromatic heterocycles. The van der Waals surface area contributed by atoms with E-state index in [1.54, 1.807) is 6.92 Å². The van der Waals surface area contributed by atoms with Crippen LogP contribution in [-0.2, 0) is 23.9 Å². The maximum absolute atomic E-state index is 11.8. The van der Waals surface area contributed by atoms with E-state index >= 15 is 0 Å². The normalized spacial score (nSPS) is 27.7. The topological polar surface area (TPSA) is 44.8 Å². The first-order valence-electron chi connectivity index (χ1n) is 11.4. The van der Waals surface area contributed by atoms with Crippen molar-refractivity contribution >= 4 is 35.6 Å². The Hall–Kier alpha value is -0.782. The summed E-state index contributed by atoms with van der Waals surface area (Å²) in [6, 6.07) is 10.7. The molecule has 0 saturated carbocycles. The maximum atomic E-state index is 11.8. The third-order valence-corrected chi connectivity index (χ3v) is 75.4. The van der Waals surface area contributed by atoms with Crippen molar-refractivity contribution in [3.63, 3.8) is 0 Å². The second kappa shape index (κ2) is 8.87. The molecule has 0 radical (unpaired) electrons. The molecule has 0 bridgehead atoms. The predicted octanol–water partition coefficient (Wildman–Crippen LogP) is 5.89. The monoisotopic (exact) mass is 494 g/mol. The van der Waals surface area contributed by atoms with Crippen LogP contribution < -0.4 is 0 Å². The standard InChI is InChI=1S/C23H42O4Si4/c1-12-21(25-19(3)26-22(24)13-2)23(20-17-15-14-16-18-20)27-29(6,7)31(10,11)30(8,9)28(23,4)5/h13-19,21H,2,12H2,1,3-11H3. The zero-order valence-electron chi connectivity index (χ0n) is 21.2. The van der Waals surface area contributed by atoms with E-state index in [-0.39, 0.29) is 6.10 Å². The van der Waals surface area contributed by atoms with Crippen LogP contribution >= 0.6 is 0 Å². The van der Waals surface area contributed by atoms with Crippen molar-refractivity contribution in [3.05, 3.63) is 48.6 Å². The number of rotatable bonds is 7. The van der Waals surface area contributed by atoms with E-state index in [4.69, 9.17) is 13.9 Å². The Balaban J connectivity index is 2.75. The molecule has 2 rings (SSSR count). The predicted molar refractivity (Wildman–Crippen MR) is 140 cm³/mol. The van der Waals surface area contributed by atoms with E-state index in [1.165, 1.54) is 11.6 Å². The van der Waals surface area contributed by atoms with Gasteiger partial charge in [0.25, 0.3) is 0 Å². The summed E-state index contributed by atoms with van der Waals surface area (Å²) in [7, 11) is -7.26. The van der Waals surface area contributed by atoms with Crippen molar-refractivity contribution in [1.82, 2.24) is 0 Å². The minimum Gasteiger partial charge on any atom is -0.433 e. The molecule has 1 fully saturated rings. The van der Waals surface area contributed by atoms with Crippen molar-refractivity contribution in [2.75, 3.05) is 0 Å². The van der Waals surface area contributed by atoms with Crippen LogP contribution in [0, 0.1) is 0 Å². The Bertz CT molecular complexity index is 807. The van der Waals surface area contributed by atoms with Crippen molar-refractivity contribution in [1.29, 1.82) is 0 Å². The molecule has 3 atom stereocenters. The van der Waals surface area contributed by atoms with Crippen LogP contribution in [0.25, 0.3) is 0 Å². The quantitative estimate of drug-likeness (QED) is 0.205. The fourth-order valence-corrected chi connectivity index (χ4v) is 75.6. The zero-order chi connectivity index (χ0) is 23.9. The van der Waals surface area contributed by atoms with Gasteiger partial charge in [-0.3, -0.25) is 0 Å². The smallest absolute Gasteiger partial charge is 0.332 e. The molecule has 1 aromatic carbocycles. The first kappa shape index (κ1) is 26.5. The highest BCUT2D eigenvalue weighted by atomic mass is 29.8. The van der Waals surface area contributed by atoms with Gasteiger partial charge in [-0.05, 0) is 32.0 Å². The molecule has 1 saturated heterocycles. The summed E-state index contributed by atoms with van der Waals surface area (Å²) >= 11 is 0. The largest absolute Gasteiger partial charge is 0.433 e. The van der Waals surface area contributed by atoms with Gasteiger partial charge in [0.2, 0.25) is 6.29 Å². The molecule has 4 nitrogen and oxygen atoms in total. The van der Waals surface area contributed by atoms with Crippen LogP contribution in [0.2, 0.25) is 52.4 Å². The Morgan fingerprint density at radius 2 is 1.61 bits per heavy atom. The summed E-state index contributed by atoms with van der Waals surface area (Å²) in [5.41, 5.74) is 1.23. The van der Waals surface area contributed by atoms with Gasteiger partial charge in [-0.2, -0.15) is 0 Å². The molecule has 31 heavy (non-hydrogen) atoms. The van der Waals surface area contributed by atoms with Gasteiger partial charge in [0, 0.05) is 13.2 Å². The first-order valence-corrected chi connectivity index (χ1v) is 26.3.